The highest BCUT2D eigenvalue weighted by Gasteiger charge is 2.31. The summed E-state index contributed by atoms with van der Waals surface area (Å²) >= 11 is 3.13. The van der Waals surface area contributed by atoms with Crippen molar-refractivity contribution in [1.29, 1.82) is 0 Å². The number of anilines is 1. The molecule has 1 N–H and O–H groups in total. The van der Waals surface area contributed by atoms with Gasteiger partial charge >= 0.3 is 0 Å². The smallest absolute Gasteiger partial charge is 0.266 e. The largest absolute Gasteiger partial charge is 0.313 e. The Morgan fingerprint density at radius 1 is 1.19 bits per heavy atom. The van der Waals surface area contributed by atoms with Crippen LogP contribution < -0.4 is 5.32 Å². The van der Waals surface area contributed by atoms with Crippen LogP contribution in [0.1, 0.15) is 50.3 Å². The normalized spacial score (nSPS) is 15.8. The quantitative estimate of drug-likeness (QED) is 0.639. The second kappa shape index (κ2) is 7.92. The molecule has 4 heterocycles. The zero-order valence-corrected chi connectivity index (χ0v) is 17.2. The number of thiophene rings is 2. The monoisotopic (exact) mass is 397 g/mol. The molecule has 1 atom stereocenters. The van der Waals surface area contributed by atoms with Gasteiger partial charge in [-0.1, -0.05) is 12.1 Å². The Hall–Kier alpha value is -2.02. The summed E-state index contributed by atoms with van der Waals surface area (Å²) < 4.78 is 0. The third-order valence-corrected chi connectivity index (χ3v) is 7.16. The maximum Gasteiger partial charge on any atom is 0.266 e. The maximum atomic E-state index is 12.7. The lowest BCUT2D eigenvalue weighted by atomic mass is 9.99. The Labute approximate surface area is 167 Å². The fraction of sp³-hybridized carbons (Fsp3) is 0.333. The van der Waals surface area contributed by atoms with E-state index in [1.54, 1.807) is 11.3 Å². The minimum atomic E-state index is -0.0336. The molecule has 1 amide bonds. The minimum Gasteiger partial charge on any atom is -0.313 e. The average molecular weight is 398 g/mol. The molecular weight excluding hydrogens is 374 g/mol. The first-order valence-corrected chi connectivity index (χ1v) is 10.9. The maximum absolute atomic E-state index is 12.7. The van der Waals surface area contributed by atoms with Crippen molar-refractivity contribution in [3.63, 3.8) is 0 Å². The molecule has 0 aliphatic carbocycles. The van der Waals surface area contributed by atoms with Gasteiger partial charge in [0.1, 0.15) is 5.00 Å². The number of amides is 1. The van der Waals surface area contributed by atoms with Gasteiger partial charge in [0.25, 0.3) is 5.91 Å². The van der Waals surface area contributed by atoms with Crippen LogP contribution in [0.25, 0.3) is 0 Å². The fourth-order valence-corrected chi connectivity index (χ4v) is 5.40. The molecule has 27 heavy (non-hydrogen) atoms. The molecule has 6 heteroatoms. The van der Waals surface area contributed by atoms with E-state index in [0.717, 1.165) is 28.7 Å². The van der Waals surface area contributed by atoms with Crippen LogP contribution in [0.5, 0.6) is 0 Å². The molecule has 1 aliphatic heterocycles. The van der Waals surface area contributed by atoms with Gasteiger partial charge in [0, 0.05) is 16.6 Å². The first-order chi connectivity index (χ1) is 13.1. The van der Waals surface area contributed by atoms with Crippen LogP contribution in [-0.4, -0.2) is 28.9 Å². The Balaban J connectivity index is 1.76. The number of aromatic nitrogens is 1. The lowest BCUT2D eigenvalue weighted by Gasteiger charge is -2.28. The molecule has 1 saturated heterocycles. The van der Waals surface area contributed by atoms with Crippen molar-refractivity contribution in [1.82, 2.24) is 9.88 Å². The zero-order valence-electron chi connectivity index (χ0n) is 15.6. The van der Waals surface area contributed by atoms with Gasteiger partial charge in [-0.15, -0.1) is 22.7 Å². The molecule has 0 unspecified atom stereocenters. The molecule has 0 bridgehead atoms. The van der Waals surface area contributed by atoms with Crippen LogP contribution in [-0.2, 0) is 0 Å². The number of pyridine rings is 1. The third kappa shape index (κ3) is 3.70. The van der Waals surface area contributed by atoms with Crippen molar-refractivity contribution >= 4 is 33.6 Å². The second-order valence-corrected chi connectivity index (χ2v) is 9.03. The summed E-state index contributed by atoms with van der Waals surface area (Å²) in [7, 11) is 0. The third-order valence-electron chi connectivity index (χ3n) is 5.15. The Kier molecular flexibility index (Phi) is 5.38. The molecule has 0 radical (unpaired) electrons. The van der Waals surface area contributed by atoms with E-state index in [-0.39, 0.29) is 11.9 Å². The number of carbonyl (C=O) groups is 1. The summed E-state index contributed by atoms with van der Waals surface area (Å²) in [4.78, 5) is 21.9. The van der Waals surface area contributed by atoms with Crippen LogP contribution in [0.15, 0.2) is 41.9 Å². The molecule has 0 saturated carbocycles. The van der Waals surface area contributed by atoms with E-state index in [4.69, 9.17) is 0 Å². The average Bonchev–Trinajstić information content (AvgIpc) is 3.42. The fourth-order valence-electron chi connectivity index (χ4n) is 3.69. The van der Waals surface area contributed by atoms with Gasteiger partial charge in [-0.25, -0.2) is 0 Å². The molecule has 0 spiro atoms. The predicted octanol–water partition coefficient (Wildman–Crippen LogP) is 5.26. The summed E-state index contributed by atoms with van der Waals surface area (Å²) in [5, 5.41) is 6.07. The highest BCUT2D eigenvalue weighted by molar-refractivity contribution is 7.17. The number of nitrogens with one attached hydrogen (secondary N) is 1. The van der Waals surface area contributed by atoms with E-state index in [2.05, 4.69) is 35.1 Å². The minimum absolute atomic E-state index is 0.0336. The van der Waals surface area contributed by atoms with Gasteiger partial charge < -0.3 is 5.32 Å². The van der Waals surface area contributed by atoms with Crippen LogP contribution in [0.2, 0.25) is 0 Å². The SMILES string of the molecule is Cc1sc(NC(=O)c2cccs2)c([C@@H](c2ccccn2)N2CCCC2)c1C. The van der Waals surface area contributed by atoms with Gasteiger partial charge in [0.2, 0.25) is 0 Å². The van der Waals surface area contributed by atoms with E-state index in [0.29, 0.717) is 0 Å². The van der Waals surface area contributed by atoms with Crippen LogP contribution in [0.3, 0.4) is 0 Å². The number of aryl methyl sites for hydroxylation is 1. The number of hydrogen-bond donors (Lipinski definition) is 1. The molecule has 1 aliphatic rings. The summed E-state index contributed by atoms with van der Waals surface area (Å²) in [6.07, 6.45) is 4.28. The van der Waals surface area contributed by atoms with Crippen molar-refractivity contribution in [2.45, 2.75) is 32.7 Å². The van der Waals surface area contributed by atoms with Crippen molar-refractivity contribution in [3.8, 4) is 0 Å². The zero-order chi connectivity index (χ0) is 18.8. The molecule has 0 aromatic carbocycles. The highest BCUT2D eigenvalue weighted by Crippen LogP contribution is 2.42. The number of hydrogen-bond acceptors (Lipinski definition) is 5. The molecule has 3 aromatic heterocycles. The molecule has 1 fully saturated rings. The Morgan fingerprint density at radius 2 is 2.00 bits per heavy atom. The van der Waals surface area contributed by atoms with E-state index < -0.39 is 0 Å². The number of carbonyl (C=O) groups excluding carboxylic acids is 1. The van der Waals surface area contributed by atoms with Crippen molar-refractivity contribution in [2.24, 2.45) is 0 Å². The molecular formula is C21H23N3OS2. The van der Waals surface area contributed by atoms with Crippen LogP contribution in [0.4, 0.5) is 5.00 Å². The molecule has 3 aromatic rings. The molecule has 140 valence electrons. The summed E-state index contributed by atoms with van der Waals surface area (Å²) in [6, 6.07) is 9.95. The molecule has 4 rings (SSSR count). The lowest BCUT2D eigenvalue weighted by Crippen LogP contribution is -2.28. The van der Waals surface area contributed by atoms with E-state index >= 15 is 0 Å². The van der Waals surface area contributed by atoms with Gasteiger partial charge in [-0.05, 0) is 68.9 Å². The van der Waals surface area contributed by atoms with Gasteiger partial charge in [-0.2, -0.15) is 0 Å². The number of nitrogens with zero attached hydrogens (tertiary/aromatic N) is 2. The predicted molar refractivity (Wildman–Crippen MR) is 113 cm³/mol. The van der Waals surface area contributed by atoms with Gasteiger partial charge in [-0.3, -0.25) is 14.7 Å². The van der Waals surface area contributed by atoms with Gasteiger partial charge in [0.15, 0.2) is 0 Å². The Morgan fingerprint density at radius 3 is 2.67 bits per heavy atom. The van der Waals surface area contributed by atoms with Crippen LogP contribution in [0, 0.1) is 13.8 Å². The van der Waals surface area contributed by atoms with Crippen molar-refractivity contribution < 1.29 is 4.79 Å². The van der Waals surface area contributed by atoms with E-state index in [9.17, 15) is 4.79 Å². The first kappa shape index (κ1) is 18.3. The van der Waals surface area contributed by atoms with Crippen molar-refractivity contribution in [2.75, 3.05) is 18.4 Å². The summed E-state index contributed by atoms with van der Waals surface area (Å²) in [5.41, 5.74) is 3.50. The standard InChI is InChI=1S/C21H23N3OS2/c1-14-15(2)27-21(23-20(25)17-9-7-13-26-17)18(14)19(24-11-5-6-12-24)16-8-3-4-10-22-16/h3-4,7-10,13,19H,5-6,11-12H2,1-2H3,(H,23,25)/t19-/m1/s1. The number of likely N-dealkylation sites (tertiary alicyclic amines) is 1. The highest BCUT2D eigenvalue weighted by atomic mass is 32.1. The second-order valence-electron chi connectivity index (χ2n) is 6.86. The van der Waals surface area contributed by atoms with Crippen LogP contribution >= 0.6 is 22.7 Å². The summed E-state index contributed by atoms with van der Waals surface area (Å²) in [6.45, 7) is 6.42. The lowest BCUT2D eigenvalue weighted by molar-refractivity contribution is 0.103. The Bertz CT molecular complexity index is 913. The first-order valence-electron chi connectivity index (χ1n) is 9.25. The van der Waals surface area contributed by atoms with Crippen molar-refractivity contribution in [3.05, 3.63) is 68.5 Å². The summed E-state index contributed by atoms with van der Waals surface area (Å²) in [5.74, 6) is -0.0336. The van der Waals surface area contributed by atoms with Gasteiger partial charge in [0.05, 0.1) is 16.6 Å². The van der Waals surface area contributed by atoms with E-state index in [1.165, 1.54) is 40.2 Å². The number of rotatable bonds is 5. The molecule has 4 nitrogen and oxygen atoms in total. The topological polar surface area (TPSA) is 45.2 Å². The van der Waals surface area contributed by atoms with E-state index in [1.807, 2.05) is 35.8 Å².